The highest BCUT2D eigenvalue weighted by atomic mass is 35.5. The molecule has 29 heavy (non-hydrogen) atoms. The molecule has 4 rings (SSSR count). The van der Waals surface area contributed by atoms with Gasteiger partial charge in [0.1, 0.15) is 19.4 Å². The van der Waals surface area contributed by atoms with E-state index in [9.17, 15) is 4.79 Å². The minimum absolute atomic E-state index is 0.0965. The van der Waals surface area contributed by atoms with Crippen LogP contribution in [-0.2, 0) is 7.05 Å². The van der Waals surface area contributed by atoms with E-state index < -0.39 is 0 Å². The molecule has 0 fully saturated rings. The summed E-state index contributed by atoms with van der Waals surface area (Å²) in [5.74, 6) is 0.721. The van der Waals surface area contributed by atoms with Crippen molar-refractivity contribution in [1.29, 1.82) is 0 Å². The highest BCUT2D eigenvalue weighted by Gasteiger charge is 2.15. The van der Waals surface area contributed by atoms with Crippen LogP contribution >= 0.6 is 11.6 Å². The minimum Gasteiger partial charge on any atom is -0.368 e. The Morgan fingerprint density at radius 1 is 1.38 bits per heavy atom. The smallest absolute Gasteiger partial charge is 0.267 e. The Hall–Kier alpha value is -3.00. The number of amides is 1. The van der Waals surface area contributed by atoms with E-state index in [1.54, 1.807) is 21.3 Å². The molecule has 1 aliphatic carbocycles. The molecule has 0 bridgehead atoms. The van der Waals surface area contributed by atoms with E-state index >= 15 is 0 Å². The van der Waals surface area contributed by atoms with Gasteiger partial charge in [-0.15, -0.1) is 0 Å². The van der Waals surface area contributed by atoms with Crippen molar-refractivity contribution in [2.45, 2.75) is 12.8 Å². The van der Waals surface area contributed by atoms with E-state index in [0.29, 0.717) is 18.8 Å². The number of allylic oxidation sites excluding steroid dienone is 4. The number of halogens is 1. The molecular formula is C20H22BClN6O. The van der Waals surface area contributed by atoms with Crippen LogP contribution in [0.1, 0.15) is 29.0 Å². The standard InChI is InChI=1S/C20H22BClN6O/c1-27-10-4-7-17(27)20(29)24-9-8-23-18-11-16(13-5-2-3-6-15(13)22)26-19-14(21)12-25-28(18)19/h3-4,6-7,10-12,23H,2,5,8-9,21H2,1H3,(H,24,29). The lowest BCUT2D eigenvalue weighted by Crippen LogP contribution is -2.30. The summed E-state index contributed by atoms with van der Waals surface area (Å²) in [6.07, 6.45) is 9.46. The lowest BCUT2D eigenvalue weighted by Gasteiger charge is -2.15. The summed E-state index contributed by atoms with van der Waals surface area (Å²) in [5.41, 5.74) is 4.32. The Bertz CT molecular complexity index is 1130. The van der Waals surface area contributed by atoms with Crippen LogP contribution in [0.25, 0.3) is 11.2 Å². The number of nitrogens with zero attached hydrogens (tertiary/aromatic N) is 4. The number of fused-ring (bicyclic) bond motifs is 1. The van der Waals surface area contributed by atoms with Crippen LogP contribution in [0.5, 0.6) is 0 Å². The van der Waals surface area contributed by atoms with Gasteiger partial charge in [-0.1, -0.05) is 17.7 Å². The van der Waals surface area contributed by atoms with E-state index in [1.807, 2.05) is 39.3 Å². The topological polar surface area (TPSA) is 76.2 Å². The molecule has 1 aliphatic rings. The zero-order valence-corrected chi connectivity index (χ0v) is 17.2. The fourth-order valence-corrected chi connectivity index (χ4v) is 3.67. The second-order valence-corrected chi connectivity index (χ2v) is 7.45. The maximum Gasteiger partial charge on any atom is 0.267 e. The van der Waals surface area contributed by atoms with Gasteiger partial charge in [0.25, 0.3) is 5.91 Å². The fraction of sp³-hybridized carbons (Fsp3) is 0.250. The van der Waals surface area contributed by atoms with Crippen LogP contribution in [0.2, 0.25) is 0 Å². The lowest BCUT2D eigenvalue weighted by atomic mass is 9.99. The molecule has 3 heterocycles. The number of anilines is 1. The Labute approximate surface area is 174 Å². The third kappa shape index (κ3) is 3.93. The van der Waals surface area contributed by atoms with Crippen LogP contribution in [0.3, 0.4) is 0 Å². The molecule has 1 amide bonds. The first-order valence-electron chi connectivity index (χ1n) is 9.59. The van der Waals surface area contributed by atoms with Crippen LogP contribution in [0, 0.1) is 0 Å². The van der Waals surface area contributed by atoms with Gasteiger partial charge >= 0.3 is 0 Å². The molecular weight excluding hydrogens is 387 g/mol. The Balaban J connectivity index is 1.51. The number of nitrogens with one attached hydrogen (secondary N) is 2. The van der Waals surface area contributed by atoms with Crippen molar-refractivity contribution >= 4 is 47.9 Å². The van der Waals surface area contributed by atoms with E-state index in [-0.39, 0.29) is 5.91 Å². The van der Waals surface area contributed by atoms with E-state index in [0.717, 1.165) is 46.1 Å². The van der Waals surface area contributed by atoms with Gasteiger partial charge in [0.2, 0.25) is 0 Å². The summed E-state index contributed by atoms with van der Waals surface area (Å²) in [6.45, 7) is 1.04. The van der Waals surface area contributed by atoms with Crippen molar-refractivity contribution < 1.29 is 4.79 Å². The maximum absolute atomic E-state index is 12.2. The predicted octanol–water partition coefficient (Wildman–Crippen LogP) is 1.47. The largest absolute Gasteiger partial charge is 0.368 e. The van der Waals surface area contributed by atoms with Gasteiger partial charge in [0.05, 0.1) is 5.69 Å². The highest BCUT2D eigenvalue weighted by molar-refractivity contribution is 6.36. The maximum atomic E-state index is 12.2. The first kappa shape index (κ1) is 19.3. The third-order valence-electron chi connectivity index (χ3n) is 4.96. The first-order valence-corrected chi connectivity index (χ1v) is 9.97. The monoisotopic (exact) mass is 408 g/mol. The number of aryl methyl sites for hydroxylation is 1. The molecule has 0 aliphatic heterocycles. The van der Waals surface area contributed by atoms with Crippen LogP contribution < -0.4 is 16.1 Å². The van der Waals surface area contributed by atoms with E-state index in [2.05, 4.69) is 21.8 Å². The first-order chi connectivity index (χ1) is 14.0. The van der Waals surface area contributed by atoms with Crippen molar-refractivity contribution in [1.82, 2.24) is 24.5 Å². The zero-order chi connectivity index (χ0) is 20.4. The van der Waals surface area contributed by atoms with Gasteiger partial charge in [0, 0.05) is 43.6 Å². The molecule has 9 heteroatoms. The molecule has 3 aromatic heterocycles. The predicted molar refractivity (Wildman–Crippen MR) is 119 cm³/mol. The highest BCUT2D eigenvalue weighted by Crippen LogP contribution is 2.30. The van der Waals surface area contributed by atoms with Crippen molar-refractivity contribution in [3.05, 3.63) is 59.2 Å². The molecule has 0 radical (unpaired) electrons. The normalized spacial score (nSPS) is 13.9. The molecule has 0 atom stereocenters. The Morgan fingerprint density at radius 2 is 2.24 bits per heavy atom. The number of carbonyl (C=O) groups excluding carboxylic acids is 1. The number of carbonyl (C=O) groups is 1. The van der Waals surface area contributed by atoms with Gasteiger partial charge < -0.3 is 15.2 Å². The zero-order valence-electron chi connectivity index (χ0n) is 16.4. The summed E-state index contributed by atoms with van der Waals surface area (Å²) < 4.78 is 3.58. The Kier molecular flexibility index (Phi) is 5.44. The molecule has 0 aromatic carbocycles. The molecule has 3 aromatic rings. The van der Waals surface area contributed by atoms with Crippen LogP contribution in [0.4, 0.5) is 5.82 Å². The SMILES string of the molecule is Bc1cnn2c(NCCNC(=O)c3cccn3C)cc(C3=C(Cl)C=CCC3)nc12. The average Bonchev–Trinajstić information content (AvgIpc) is 3.31. The third-order valence-corrected chi connectivity index (χ3v) is 5.32. The summed E-state index contributed by atoms with van der Waals surface area (Å²) in [7, 11) is 3.84. The van der Waals surface area contributed by atoms with E-state index in [1.165, 1.54) is 0 Å². The molecule has 0 saturated heterocycles. The van der Waals surface area contributed by atoms with Crippen molar-refractivity contribution in [2.24, 2.45) is 7.05 Å². The second-order valence-electron chi connectivity index (χ2n) is 7.04. The van der Waals surface area contributed by atoms with Gasteiger partial charge in [0.15, 0.2) is 5.65 Å². The quantitative estimate of drug-likeness (QED) is 0.478. The van der Waals surface area contributed by atoms with Crippen molar-refractivity contribution in [2.75, 3.05) is 18.4 Å². The number of rotatable bonds is 6. The van der Waals surface area contributed by atoms with Crippen molar-refractivity contribution in [3.63, 3.8) is 0 Å². The number of hydrogen-bond donors (Lipinski definition) is 2. The molecule has 0 saturated carbocycles. The summed E-state index contributed by atoms with van der Waals surface area (Å²) in [5, 5.41) is 11.4. The minimum atomic E-state index is -0.0965. The van der Waals surface area contributed by atoms with E-state index in [4.69, 9.17) is 16.6 Å². The summed E-state index contributed by atoms with van der Waals surface area (Å²) in [6, 6.07) is 5.61. The number of aromatic nitrogens is 4. The van der Waals surface area contributed by atoms with Gasteiger partial charge in [-0.2, -0.15) is 9.61 Å². The molecule has 7 nitrogen and oxygen atoms in total. The molecule has 148 valence electrons. The average molecular weight is 409 g/mol. The fourth-order valence-electron chi connectivity index (χ4n) is 3.39. The van der Waals surface area contributed by atoms with Gasteiger partial charge in [-0.25, -0.2) is 4.98 Å². The second kappa shape index (κ2) is 8.17. The summed E-state index contributed by atoms with van der Waals surface area (Å²) >= 11 is 6.42. The lowest BCUT2D eigenvalue weighted by molar-refractivity contribution is 0.0947. The Morgan fingerprint density at radius 3 is 3.00 bits per heavy atom. The number of hydrogen-bond acceptors (Lipinski definition) is 4. The molecule has 0 spiro atoms. The van der Waals surface area contributed by atoms with Gasteiger partial charge in [-0.05, 0) is 42.1 Å². The van der Waals surface area contributed by atoms with Crippen molar-refractivity contribution in [3.8, 4) is 0 Å². The molecule has 0 unspecified atom stereocenters. The van der Waals surface area contributed by atoms with Crippen LogP contribution in [-0.4, -0.2) is 46.0 Å². The van der Waals surface area contributed by atoms with Crippen LogP contribution in [0.15, 0.2) is 47.8 Å². The molecule has 2 N–H and O–H groups in total. The summed E-state index contributed by atoms with van der Waals surface area (Å²) in [4.78, 5) is 17.0. The van der Waals surface area contributed by atoms with Gasteiger partial charge in [-0.3, -0.25) is 4.79 Å².